The predicted molar refractivity (Wildman–Crippen MR) is 88.6 cm³/mol. The van der Waals surface area contributed by atoms with Gasteiger partial charge in [-0.3, -0.25) is 0 Å². The Kier molecular flexibility index (Phi) is 4.96. The molecule has 2 heterocycles. The number of carboxylic acids is 1. The van der Waals surface area contributed by atoms with Gasteiger partial charge >= 0.3 is 5.97 Å². The smallest absolute Gasteiger partial charge is 0.329 e. The molecule has 1 aliphatic heterocycles. The lowest BCUT2D eigenvalue weighted by molar-refractivity contribution is -0.131. The quantitative estimate of drug-likeness (QED) is 0.854. The van der Waals surface area contributed by atoms with E-state index in [2.05, 4.69) is 4.98 Å². The molecule has 1 unspecified atom stereocenters. The van der Waals surface area contributed by atoms with Crippen LogP contribution in [0.4, 0.5) is 0 Å². The minimum Gasteiger partial charge on any atom is -0.478 e. The number of hydrogen-bond donors (Lipinski definition) is 1. The van der Waals surface area contributed by atoms with Crippen molar-refractivity contribution >= 4 is 11.5 Å². The predicted octanol–water partition coefficient (Wildman–Crippen LogP) is 2.84. The highest BCUT2D eigenvalue weighted by Crippen LogP contribution is 2.26. The zero-order chi connectivity index (χ0) is 16.9. The van der Waals surface area contributed by atoms with Crippen LogP contribution < -0.4 is 4.74 Å². The van der Waals surface area contributed by atoms with E-state index in [0.717, 1.165) is 37.1 Å². The zero-order valence-electron chi connectivity index (χ0n) is 13.5. The second-order valence-corrected chi connectivity index (χ2v) is 5.72. The molecule has 3 rings (SSSR count). The Hall–Kier alpha value is -2.60. The Morgan fingerprint density at radius 3 is 2.75 bits per heavy atom. The van der Waals surface area contributed by atoms with E-state index in [1.165, 1.54) is 6.08 Å². The van der Waals surface area contributed by atoms with E-state index in [9.17, 15) is 4.79 Å². The summed E-state index contributed by atoms with van der Waals surface area (Å²) >= 11 is 0. The summed E-state index contributed by atoms with van der Waals surface area (Å²) < 4.78 is 13.2. The van der Waals surface area contributed by atoms with Gasteiger partial charge in [-0.2, -0.15) is 0 Å². The minimum absolute atomic E-state index is 0.198. The van der Waals surface area contributed by atoms with Gasteiger partial charge in [0.1, 0.15) is 5.75 Å². The number of nitrogens with zero attached hydrogens (tertiary/aromatic N) is 2. The fourth-order valence-corrected chi connectivity index (χ4v) is 2.71. The summed E-state index contributed by atoms with van der Waals surface area (Å²) in [7, 11) is 1.83. The highest BCUT2D eigenvalue weighted by molar-refractivity contribution is 5.94. The summed E-state index contributed by atoms with van der Waals surface area (Å²) in [5.74, 6) is -0.285. The van der Waals surface area contributed by atoms with Crippen molar-refractivity contribution in [1.29, 1.82) is 0 Å². The van der Waals surface area contributed by atoms with E-state index >= 15 is 0 Å². The third-order valence-electron chi connectivity index (χ3n) is 3.93. The Bertz CT molecular complexity index is 728. The van der Waals surface area contributed by atoms with Crippen LogP contribution in [0.25, 0.3) is 5.57 Å². The van der Waals surface area contributed by atoms with Crippen molar-refractivity contribution in [2.75, 3.05) is 6.61 Å². The number of imidazole rings is 1. The van der Waals surface area contributed by atoms with Gasteiger partial charge in [0.05, 0.1) is 24.8 Å². The minimum atomic E-state index is -0.998. The Morgan fingerprint density at radius 2 is 2.17 bits per heavy atom. The average molecular weight is 328 g/mol. The molecule has 1 aliphatic rings. The number of hydrogen-bond acceptors (Lipinski definition) is 4. The highest BCUT2D eigenvalue weighted by Gasteiger charge is 2.16. The number of aryl methyl sites for hydroxylation is 1. The van der Waals surface area contributed by atoms with Crippen LogP contribution in [-0.4, -0.2) is 33.5 Å². The van der Waals surface area contributed by atoms with Crippen LogP contribution >= 0.6 is 0 Å². The van der Waals surface area contributed by atoms with E-state index in [0.29, 0.717) is 11.3 Å². The maximum absolute atomic E-state index is 11.2. The van der Waals surface area contributed by atoms with Gasteiger partial charge in [-0.15, -0.1) is 0 Å². The standard InChI is InChI=1S/C18H20N2O4/c1-20-12-19-11-16(20)15(10-17(21)22)13-5-7-14(8-6-13)24-18-4-2-3-9-23-18/h5-8,10-12,18H,2-4,9H2,1H3,(H,21,22). The van der Waals surface area contributed by atoms with E-state index in [1.54, 1.807) is 17.1 Å². The van der Waals surface area contributed by atoms with Crippen molar-refractivity contribution in [2.45, 2.75) is 25.6 Å². The SMILES string of the molecule is Cn1cncc1C(=CC(=O)O)c1ccc(OC2CCCCO2)cc1. The van der Waals surface area contributed by atoms with Gasteiger partial charge in [0.2, 0.25) is 0 Å². The number of rotatable bonds is 5. The first-order valence-electron chi connectivity index (χ1n) is 7.93. The van der Waals surface area contributed by atoms with Crippen LogP contribution in [-0.2, 0) is 16.6 Å². The van der Waals surface area contributed by atoms with Crippen LogP contribution in [0.5, 0.6) is 5.75 Å². The molecule has 6 heteroatoms. The first-order valence-corrected chi connectivity index (χ1v) is 7.93. The van der Waals surface area contributed by atoms with Crippen molar-refractivity contribution in [3.63, 3.8) is 0 Å². The summed E-state index contributed by atoms with van der Waals surface area (Å²) in [5, 5.41) is 9.16. The van der Waals surface area contributed by atoms with Crippen molar-refractivity contribution in [3.05, 3.63) is 54.1 Å². The van der Waals surface area contributed by atoms with E-state index in [4.69, 9.17) is 14.6 Å². The third-order valence-corrected chi connectivity index (χ3v) is 3.93. The van der Waals surface area contributed by atoms with E-state index < -0.39 is 5.97 Å². The maximum atomic E-state index is 11.2. The van der Waals surface area contributed by atoms with Gasteiger partial charge in [-0.25, -0.2) is 9.78 Å². The summed E-state index contributed by atoms with van der Waals surface area (Å²) in [5.41, 5.74) is 2.13. The summed E-state index contributed by atoms with van der Waals surface area (Å²) in [6.45, 7) is 0.731. The Morgan fingerprint density at radius 1 is 1.38 bits per heavy atom. The molecule has 0 amide bonds. The molecule has 1 N–H and O–H groups in total. The molecular formula is C18H20N2O4. The fraction of sp³-hybridized carbons (Fsp3) is 0.333. The zero-order valence-corrected chi connectivity index (χ0v) is 13.5. The lowest BCUT2D eigenvalue weighted by Crippen LogP contribution is -2.24. The molecule has 6 nitrogen and oxygen atoms in total. The number of aliphatic carboxylic acids is 1. The van der Waals surface area contributed by atoms with E-state index in [-0.39, 0.29) is 6.29 Å². The largest absolute Gasteiger partial charge is 0.478 e. The molecule has 2 aromatic rings. The number of benzene rings is 1. The second-order valence-electron chi connectivity index (χ2n) is 5.72. The van der Waals surface area contributed by atoms with Crippen LogP contribution in [0, 0.1) is 0 Å². The molecule has 24 heavy (non-hydrogen) atoms. The van der Waals surface area contributed by atoms with Gasteiger partial charge in [-0.05, 0) is 30.5 Å². The van der Waals surface area contributed by atoms with Gasteiger partial charge in [0.15, 0.2) is 6.29 Å². The highest BCUT2D eigenvalue weighted by atomic mass is 16.7. The number of carboxylic acid groups (broad SMARTS) is 1. The molecule has 126 valence electrons. The lowest BCUT2D eigenvalue weighted by atomic mass is 10.0. The summed E-state index contributed by atoms with van der Waals surface area (Å²) in [4.78, 5) is 15.2. The number of aromatic nitrogens is 2. The fourth-order valence-electron chi connectivity index (χ4n) is 2.71. The van der Waals surface area contributed by atoms with Crippen molar-refractivity contribution < 1.29 is 19.4 Å². The second kappa shape index (κ2) is 7.31. The molecular weight excluding hydrogens is 308 g/mol. The number of carbonyl (C=O) groups is 1. The average Bonchev–Trinajstić information content (AvgIpc) is 3.00. The lowest BCUT2D eigenvalue weighted by Gasteiger charge is -2.23. The Balaban J connectivity index is 1.81. The molecule has 1 atom stereocenters. The van der Waals surface area contributed by atoms with Gasteiger partial charge < -0.3 is 19.1 Å². The van der Waals surface area contributed by atoms with Gasteiger partial charge in [0.25, 0.3) is 0 Å². The maximum Gasteiger partial charge on any atom is 0.329 e. The molecule has 1 fully saturated rings. The summed E-state index contributed by atoms with van der Waals surface area (Å²) in [6.07, 6.45) is 7.35. The van der Waals surface area contributed by atoms with Crippen LogP contribution in [0.1, 0.15) is 30.5 Å². The first-order chi connectivity index (χ1) is 11.6. The molecule has 0 bridgehead atoms. The number of ether oxygens (including phenoxy) is 2. The molecule has 0 radical (unpaired) electrons. The molecule has 0 spiro atoms. The normalized spacial score (nSPS) is 18.4. The van der Waals surface area contributed by atoms with Crippen LogP contribution in [0.3, 0.4) is 0 Å². The monoisotopic (exact) mass is 328 g/mol. The topological polar surface area (TPSA) is 73.6 Å². The molecule has 1 aromatic carbocycles. The Labute approximate surface area is 140 Å². The van der Waals surface area contributed by atoms with Crippen molar-refractivity contribution in [3.8, 4) is 5.75 Å². The van der Waals surface area contributed by atoms with Gasteiger partial charge in [-0.1, -0.05) is 12.1 Å². The van der Waals surface area contributed by atoms with E-state index in [1.807, 2.05) is 31.3 Å². The van der Waals surface area contributed by atoms with Crippen molar-refractivity contribution in [1.82, 2.24) is 9.55 Å². The molecule has 0 saturated carbocycles. The van der Waals surface area contributed by atoms with Crippen molar-refractivity contribution in [2.24, 2.45) is 7.05 Å². The van der Waals surface area contributed by atoms with Crippen LogP contribution in [0.2, 0.25) is 0 Å². The molecule has 0 aliphatic carbocycles. The van der Waals surface area contributed by atoms with Gasteiger partial charge in [0, 0.05) is 25.1 Å². The molecule has 1 aromatic heterocycles. The molecule has 1 saturated heterocycles. The van der Waals surface area contributed by atoms with Crippen LogP contribution in [0.15, 0.2) is 42.9 Å². The summed E-state index contributed by atoms with van der Waals surface area (Å²) in [6, 6.07) is 7.36. The first kappa shape index (κ1) is 16.3. The third kappa shape index (κ3) is 3.83.